The van der Waals surface area contributed by atoms with Gasteiger partial charge in [-0.2, -0.15) is 0 Å². The molecule has 5 rings (SSSR count). The van der Waals surface area contributed by atoms with Crippen molar-refractivity contribution in [1.82, 2.24) is 5.32 Å². The van der Waals surface area contributed by atoms with Gasteiger partial charge in [-0.3, -0.25) is 4.79 Å². The Morgan fingerprint density at radius 3 is 2.49 bits per heavy atom. The number of rotatable bonds is 5. The van der Waals surface area contributed by atoms with Gasteiger partial charge < -0.3 is 10.1 Å². The van der Waals surface area contributed by atoms with Gasteiger partial charge in [0.25, 0.3) is 5.91 Å². The molecular weight excluding hydrogens is 476 g/mol. The number of benzene rings is 4. The number of carbonyl (C=O) groups excluding carboxylic acids is 1. The monoisotopic (exact) mass is 498 g/mol. The molecule has 6 heteroatoms. The lowest BCUT2D eigenvalue weighted by atomic mass is 10.0. The van der Waals surface area contributed by atoms with E-state index >= 15 is 0 Å². The van der Waals surface area contributed by atoms with Gasteiger partial charge in [0.2, 0.25) is 0 Å². The second-order valence-electron chi connectivity index (χ2n) is 8.44. The topological polar surface area (TPSA) is 50.7 Å². The molecule has 0 atom stereocenters. The molecule has 0 aliphatic carbocycles. The zero-order chi connectivity index (χ0) is 24.4. The lowest BCUT2D eigenvalue weighted by Crippen LogP contribution is -2.19. The number of amides is 1. The minimum atomic E-state index is -0.172. The summed E-state index contributed by atoms with van der Waals surface area (Å²) in [6.07, 6.45) is 1.89. The Balaban J connectivity index is 1.48. The average Bonchev–Trinajstić information content (AvgIpc) is 3.17. The van der Waals surface area contributed by atoms with Crippen molar-refractivity contribution in [2.75, 3.05) is 0 Å². The third-order valence-electron chi connectivity index (χ3n) is 5.60. The van der Waals surface area contributed by atoms with Crippen LogP contribution in [0.15, 0.2) is 88.8 Å². The summed E-state index contributed by atoms with van der Waals surface area (Å²) in [4.78, 5) is 18.1. The minimum Gasteiger partial charge on any atom is -0.488 e. The predicted octanol–water partition coefficient (Wildman–Crippen LogP) is 7.58. The molecular formula is C29H23ClN2O2S. The van der Waals surface area contributed by atoms with Gasteiger partial charge in [0.15, 0.2) is 5.17 Å². The smallest absolute Gasteiger partial charge is 0.264 e. The molecule has 0 saturated carbocycles. The van der Waals surface area contributed by atoms with Gasteiger partial charge >= 0.3 is 0 Å². The highest BCUT2D eigenvalue weighted by Crippen LogP contribution is 2.35. The van der Waals surface area contributed by atoms with Crippen LogP contribution in [-0.2, 0) is 11.4 Å². The van der Waals surface area contributed by atoms with Crippen molar-refractivity contribution >= 4 is 57.0 Å². The molecule has 1 aliphatic heterocycles. The first kappa shape index (κ1) is 23.2. The lowest BCUT2D eigenvalue weighted by molar-refractivity contribution is -0.115. The number of aliphatic imine (C=N–C) groups is 1. The van der Waals surface area contributed by atoms with Crippen LogP contribution >= 0.6 is 23.4 Å². The molecule has 0 bridgehead atoms. The minimum absolute atomic E-state index is 0.172. The molecule has 1 heterocycles. The normalized spacial score (nSPS) is 15.7. The van der Waals surface area contributed by atoms with Crippen LogP contribution in [0.4, 0.5) is 5.69 Å². The number of ether oxygens (including phenoxy) is 1. The molecule has 0 unspecified atom stereocenters. The molecule has 4 nitrogen and oxygen atoms in total. The summed E-state index contributed by atoms with van der Waals surface area (Å²) in [5, 5.41) is 6.24. The van der Waals surface area contributed by atoms with E-state index in [0.717, 1.165) is 38.7 Å². The lowest BCUT2D eigenvalue weighted by Gasteiger charge is -2.13. The Morgan fingerprint density at radius 1 is 0.971 bits per heavy atom. The average molecular weight is 499 g/mol. The van der Waals surface area contributed by atoms with Gasteiger partial charge in [0.1, 0.15) is 12.4 Å². The quantitative estimate of drug-likeness (QED) is 0.288. The summed E-state index contributed by atoms with van der Waals surface area (Å²) in [7, 11) is 0. The molecule has 1 N–H and O–H groups in total. The SMILES string of the molecule is Cc1cc(C)cc(N=C2NC(=O)/C(=C/c3c(OCc4ccc(Cl)cc4)ccc4ccccc34)S2)c1. The number of fused-ring (bicyclic) bond motifs is 1. The van der Waals surface area contributed by atoms with Crippen LogP contribution in [0.2, 0.25) is 5.02 Å². The summed E-state index contributed by atoms with van der Waals surface area (Å²) in [6.45, 7) is 4.47. The molecule has 0 radical (unpaired) electrons. The van der Waals surface area contributed by atoms with E-state index in [4.69, 9.17) is 16.3 Å². The molecule has 174 valence electrons. The standard InChI is InChI=1S/C29H23ClN2O2S/c1-18-13-19(2)15-23(14-18)31-29-32-28(33)27(35-29)16-25-24-6-4-3-5-21(24)9-12-26(25)34-17-20-7-10-22(30)11-8-20/h3-16H,17H2,1-2H3,(H,31,32,33)/b27-16-. The first-order chi connectivity index (χ1) is 16.9. The van der Waals surface area contributed by atoms with E-state index < -0.39 is 0 Å². The number of aryl methyl sites for hydroxylation is 2. The van der Waals surface area contributed by atoms with E-state index in [1.54, 1.807) is 0 Å². The Labute approximate surface area is 213 Å². The number of nitrogens with zero attached hydrogens (tertiary/aromatic N) is 1. The zero-order valence-electron chi connectivity index (χ0n) is 19.3. The summed E-state index contributed by atoms with van der Waals surface area (Å²) in [6, 6.07) is 25.7. The number of halogens is 1. The molecule has 4 aromatic rings. The number of nitrogens with one attached hydrogen (secondary N) is 1. The van der Waals surface area contributed by atoms with Crippen molar-refractivity contribution < 1.29 is 9.53 Å². The fraction of sp³-hybridized carbons (Fsp3) is 0.103. The highest BCUT2D eigenvalue weighted by Gasteiger charge is 2.25. The Bertz CT molecular complexity index is 1470. The van der Waals surface area contributed by atoms with Crippen LogP contribution < -0.4 is 10.1 Å². The third kappa shape index (κ3) is 5.42. The van der Waals surface area contributed by atoms with Crippen molar-refractivity contribution in [1.29, 1.82) is 0 Å². The number of hydrogen-bond acceptors (Lipinski definition) is 4. The van der Waals surface area contributed by atoms with E-state index in [2.05, 4.69) is 22.4 Å². The highest BCUT2D eigenvalue weighted by atomic mass is 35.5. The Morgan fingerprint density at radius 2 is 1.71 bits per heavy atom. The van der Waals surface area contributed by atoms with Crippen molar-refractivity contribution in [3.63, 3.8) is 0 Å². The number of amidine groups is 1. The maximum absolute atomic E-state index is 12.8. The van der Waals surface area contributed by atoms with Gasteiger partial charge in [0.05, 0.1) is 10.6 Å². The van der Waals surface area contributed by atoms with Gasteiger partial charge in [-0.15, -0.1) is 0 Å². The van der Waals surface area contributed by atoms with E-state index in [1.807, 2.05) is 86.7 Å². The van der Waals surface area contributed by atoms with Crippen molar-refractivity contribution in [2.24, 2.45) is 4.99 Å². The van der Waals surface area contributed by atoms with E-state index in [-0.39, 0.29) is 5.91 Å². The summed E-state index contributed by atoms with van der Waals surface area (Å²) >= 11 is 7.34. The molecule has 4 aromatic carbocycles. The maximum Gasteiger partial charge on any atom is 0.264 e. The number of hydrogen-bond donors (Lipinski definition) is 1. The molecule has 0 spiro atoms. The van der Waals surface area contributed by atoms with Crippen molar-refractivity contribution in [3.05, 3.63) is 111 Å². The number of carbonyl (C=O) groups is 1. The summed E-state index contributed by atoms with van der Waals surface area (Å²) < 4.78 is 6.21. The Kier molecular flexibility index (Phi) is 6.62. The van der Waals surface area contributed by atoms with E-state index in [9.17, 15) is 4.79 Å². The Hall–Kier alpha value is -3.54. The maximum atomic E-state index is 12.8. The second-order valence-corrected chi connectivity index (χ2v) is 9.91. The zero-order valence-corrected chi connectivity index (χ0v) is 20.9. The fourth-order valence-corrected chi connectivity index (χ4v) is 4.99. The first-order valence-corrected chi connectivity index (χ1v) is 12.4. The van der Waals surface area contributed by atoms with Gasteiger partial charge in [-0.05, 0) is 89.5 Å². The molecule has 0 aromatic heterocycles. The van der Waals surface area contributed by atoms with E-state index in [1.165, 1.54) is 11.8 Å². The summed E-state index contributed by atoms with van der Waals surface area (Å²) in [5.74, 6) is 0.536. The van der Waals surface area contributed by atoms with Crippen LogP contribution in [0.5, 0.6) is 5.75 Å². The second kappa shape index (κ2) is 9.98. The van der Waals surface area contributed by atoms with Gasteiger partial charge in [-0.25, -0.2) is 4.99 Å². The molecule has 35 heavy (non-hydrogen) atoms. The fourth-order valence-electron chi connectivity index (χ4n) is 4.04. The van der Waals surface area contributed by atoms with Gasteiger partial charge in [-0.1, -0.05) is 60.1 Å². The van der Waals surface area contributed by atoms with Crippen molar-refractivity contribution in [2.45, 2.75) is 20.5 Å². The number of thioether (sulfide) groups is 1. The van der Waals surface area contributed by atoms with Crippen molar-refractivity contribution in [3.8, 4) is 5.75 Å². The van der Waals surface area contributed by atoms with Crippen LogP contribution in [0.3, 0.4) is 0 Å². The van der Waals surface area contributed by atoms with Crippen LogP contribution in [0.25, 0.3) is 16.8 Å². The largest absolute Gasteiger partial charge is 0.488 e. The molecule has 1 fully saturated rings. The third-order valence-corrected chi connectivity index (χ3v) is 6.76. The van der Waals surface area contributed by atoms with Gasteiger partial charge in [0, 0.05) is 10.6 Å². The molecule has 1 amide bonds. The van der Waals surface area contributed by atoms with Crippen LogP contribution in [-0.4, -0.2) is 11.1 Å². The molecule has 1 aliphatic rings. The first-order valence-electron chi connectivity index (χ1n) is 11.2. The van der Waals surface area contributed by atoms with Crippen LogP contribution in [0, 0.1) is 13.8 Å². The van der Waals surface area contributed by atoms with E-state index in [0.29, 0.717) is 27.5 Å². The summed E-state index contributed by atoms with van der Waals surface area (Å²) in [5.41, 5.74) is 4.96. The van der Waals surface area contributed by atoms with Crippen LogP contribution in [0.1, 0.15) is 22.3 Å². The highest BCUT2D eigenvalue weighted by molar-refractivity contribution is 8.18. The predicted molar refractivity (Wildman–Crippen MR) is 146 cm³/mol. The molecule has 1 saturated heterocycles.